The van der Waals surface area contributed by atoms with Gasteiger partial charge in [0.1, 0.15) is 6.04 Å². The molecule has 4 heteroatoms. The Morgan fingerprint density at radius 1 is 1.53 bits per heavy atom. The van der Waals surface area contributed by atoms with Gasteiger partial charge in [0.15, 0.2) is 0 Å². The van der Waals surface area contributed by atoms with E-state index in [0.29, 0.717) is 0 Å². The van der Waals surface area contributed by atoms with Crippen molar-refractivity contribution >= 4 is 17.2 Å². The maximum Gasteiger partial charge on any atom is 0.242 e. The summed E-state index contributed by atoms with van der Waals surface area (Å²) in [6.07, 6.45) is 6.46. The largest absolute Gasteiger partial charge is 0.354 e. The highest BCUT2D eigenvalue weighted by molar-refractivity contribution is 7.10. The molecule has 1 aromatic rings. The molecule has 0 spiro atoms. The van der Waals surface area contributed by atoms with Crippen LogP contribution in [-0.4, -0.2) is 12.5 Å². The molecular formula is C13H20N2OS. The molecule has 1 amide bonds. The second kappa shape index (κ2) is 6.17. The number of carbonyl (C=O) groups is 1. The van der Waals surface area contributed by atoms with Gasteiger partial charge in [0, 0.05) is 11.4 Å². The van der Waals surface area contributed by atoms with Crippen LogP contribution < -0.4 is 11.1 Å². The zero-order valence-electron chi connectivity index (χ0n) is 10.0. The van der Waals surface area contributed by atoms with Crippen LogP contribution >= 0.6 is 11.3 Å². The standard InChI is InChI=1S/C13H20N2OS/c14-12(11-6-3-9-17-11)13(16)15-8-7-10-4-1-2-5-10/h3,6,9-10,12H,1-2,4-5,7-8,14H2,(H,15,16). The number of thiophene rings is 1. The van der Waals surface area contributed by atoms with Gasteiger partial charge in [0.25, 0.3) is 0 Å². The van der Waals surface area contributed by atoms with E-state index in [0.717, 1.165) is 23.8 Å². The molecule has 0 saturated heterocycles. The Bertz CT molecular complexity index is 344. The summed E-state index contributed by atoms with van der Waals surface area (Å²) >= 11 is 1.53. The van der Waals surface area contributed by atoms with Gasteiger partial charge in [-0.2, -0.15) is 0 Å². The Labute approximate surface area is 106 Å². The molecule has 3 N–H and O–H groups in total. The first kappa shape index (κ1) is 12.6. The molecule has 94 valence electrons. The van der Waals surface area contributed by atoms with Crippen LogP contribution in [0.4, 0.5) is 0 Å². The number of nitrogens with one attached hydrogen (secondary N) is 1. The molecule has 3 nitrogen and oxygen atoms in total. The summed E-state index contributed by atoms with van der Waals surface area (Å²) in [6, 6.07) is 3.33. The van der Waals surface area contributed by atoms with Crippen molar-refractivity contribution in [2.24, 2.45) is 11.7 Å². The fourth-order valence-corrected chi connectivity index (χ4v) is 3.13. The van der Waals surface area contributed by atoms with Gasteiger partial charge in [-0.3, -0.25) is 4.79 Å². The van der Waals surface area contributed by atoms with Crippen LogP contribution in [0, 0.1) is 5.92 Å². The van der Waals surface area contributed by atoms with Gasteiger partial charge in [-0.05, 0) is 23.8 Å². The SMILES string of the molecule is NC(C(=O)NCCC1CCCC1)c1cccs1. The molecule has 1 aromatic heterocycles. The zero-order chi connectivity index (χ0) is 12.1. The van der Waals surface area contributed by atoms with Crippen LogP contribution in [0.5, 0.6) is 0 Å². The monoisotopic (exact) mass is 252 g/mol. The van der Waals surface area contributed by atoms with Gasteiger partial charge in [-0.25, -0.2) is 0 Å². The highest BCUT2D eigenvalue weighted by Crippen LogP contribution is 2.27. The van der Waals surface area contributed by atoms with Crippen LogP contribution in [-0.2, 0) is 4.79 Å². The van der Waals surface area contributed by atoms with Gasteiger partial charge in [0.05, 0.1) is 0 Å². The van der Waals surface area contributed by atoms with Gasteiger partial charge in [0.2, 0.25) is 5.91 Å². The van der Waals surface area contributed by atoms with E-state index in [-0.39, 0.29) is 5.91 Å². The zero-order valence-corrected chi connectivity index (χ0v) is 10.8. The van der Waals surface area contributed by atoms with Crippen LogP contribution in [0.15, 0.2) is 17.5 Å². The molecule has 1 aliphatic carbocycles. The quantitative estimate of drug-likeness (QED) is 0.845. The van der Waals surface area contributed by atoms with Crippen LogP contribution in [0.25, 0.3) is 0 Å². The first-order chi connectivity index (χ1) is 8.27. The minimum Gasteiger partial charge on any atom is -0.354 e. The van der Waals surface area contributed by atoms with Crippen molar-refractivity contribution < 1.29 is 4.79 Å². The Morgan fingerprint density at radius 3 is 2.94 bits per heavy atom. The van der Waals surface area contributed by atoms with Crippen molar-refractivity contribution in [3.63, 3.8) is 0 Å². The average molecular weight is 252 g/mol. The highest BCUT2D eigenvalue weighted by Gasteiger charge is 2.18. The van der Waals surface area contributed by atoms with Crippen molar-refractivity contribution in [2.45, 2.75) is 38.1 Å². The summed E-state index contributed by atoms with van der Waals surface area (Å²) in [4.78, 5) is 12.7. The average Bonchev–Trinajstić information content (AvgIpc) is 3.00. The van der Waals surface area contributed by atoms with E-state index in [1.54, 1.807) is 0 Å². The molecule has 1 aliphatic rings. The lowest BCUT2D eigenvalue weighted by atomic mass is 10.0. The number of amides is 1. The Kier molecular flexibility index (Phi) is 4.57. The minimum atomic E-state index is -0.501. The lowest BCUT2D eigenvalue weighted by Crippen LogP contribution is -2.34. The van der Waals surface area contributed by atoms with Gasteiger partial charge in [-0.15, -0.1) is 11.3 Å². The van der Waals surface area contributed by atoms with Crippen molar-refractivity contribution in [1.29, 1.82) is 0 Å². The van der Waals surface area contributed by atoms with E-state index in [9.17, 15) is 4.79 Å². The molecule has 1 saturated carbocycles. The molecule has 0 bridgehead atoms. The topological polar surface area (TPSA) is 55.1 Å². The summed E-state index contributed by atoms with van der Waals surface area (Å²) in [7, 11) is 0. The molecule has 0 radical (unpaired) electrons. The fourth-order valence-electron chi connectivity index (χ4n) is 2.41. The molecule has 0 aliphatic heterocycles. The van der Waals surface area contributed by atoms with Crippen LogP contribution in [0.1, 0.15) is 43.0 Å². The minimum absolute atomic E-state index is 0.0505. The van der Waals surface area contributed by atoms with E-state index in [1.165, 1.54) is 37.0 Å². The second-order valence-electron chi connectivity index (χ2n) is 4.72. The highest BCUT2D eigenvalue weighted by atomic mass is 32.1. The number of carbonyl (C=O) groups excluding carboxylic acids is 1. The van der Waals surface area contributed by atoms with E-state index in [1.807, 2.05) is 17.5 Å². The van der Waals surface area contributed by atoms with Crippen molar-refractivity contribution in [3.8, 4) is 0 Å². The molecule has 1 unspecified atom stereocenters. The molecule has 2 rings (SSSR count). The molecule has 1 atom stereocenters. The van der Waals surface area contributed by atoms with Crippen molar-refractivity contribution in [3.05, 3.63) is 22.4 Å². The Morgan fingerprint density at radius 2 is 2.29 bits per heavy atom. The van der Waals surface area contributed by atoms with Crippen LogP contribution in [0.3, 0.4) is 0 Å². The fraction of sp³-hybridized carbons (Fsp3) is 0.615. The molecular weight excluding hydrogens is 232 g/mol. The lowest BCUT2D eigenvalue weighted by molar-refractivity contribution is -0.122. The molecule has 1 heterocycles. The summed E-state index contributed by atoms with van der Waals surface area (Å²) < 4.78 is 0. The summed E-state index contributed by atoms with van der Waals surface area (Å²) in [5, 5.41) is 4.89. The van der Waals surface area contributed by atoms with E-state index in [2.05, 4.69) is 5.32 Å². The number of hydrogen-bond acceptors (Lipinski definition) is 3. The number of rotatable bonds is 5. The maximum atomic E-state index is 11.8. The number of hydrogen-bond donors (Lipinski definition) is 2. The third kappa shape index (κ3) is 3.54. The summed E-state index contributed by atoms with van der Waals surface area (Å²) in [5.74, 6) is 0.763. The predicted octanol–water partition coefficient (Wildman–Crippen LogP) is 2.44. The first-order valence-electron chi connectivity index (χ1n) is 6.34. The van der Waals surface area contributed by atoms with E-state index >= 15 is 0 Å². The second-order valence-corrected chi connectivity index (χ2v) is 5.70. The third-order valence-corrected chi connectivity index (χ3v) is 4.41. The summed E-state index contributed by atoms with van der Waals surface area (Å²) in [6.45, 7) is 0.766. The van der Waals surface area contributed by atoms with Crippen molar-refractivity contribution in [2.75, 3.05) is 6.54 Å². The first-order valence-corrected chi connectivity index (χ1v) is 7.22. The van der Waals surface area contributed by atoms with Gasteiger partial charge < -0.3 is 11.1 Å². The maximum absolute atomic E-state index is 11.8. The molecule has 0 aromatic carbocycles. The summed E-state index contributed by atoms with van der Waals surface area (Å²) in [5.41, 5.74) is 5.88. The lowest BCUT2D eigenvalue weighted by Gasteiger charge is -2.13. The molecule has 1 fully saturated rings. The van der Waals surface area contributed by atoms with E-state index in [4.69, 9.17) is 5.73 Å². The normalized spacial score (nSPS) is 18.2. The van der Waals surface area contributed by atoms with Gasteiger partial charge >= 0.3 is 0 Å². The van der Waals surface area contributed by atoms with Crippen LogP contribution in [0.2, 0.25) is 0 Å². The van der Waals surface area contributed by atoms with E-state index < -0.39 is 6.04 Å². The van der Waals surface area contributed by atoms with Crippen molar-refractivity contribution in [1.82, 2.24) is 5.32 Å². The number of nitrogens with two attached hydrogens (primary N) is 1. The third-order valence-electron chi connectivity index (χ3n) is 3.46. The Hall–Kier alpha value is -0.870. The Balaban J connectivity index is 1.69. The predicted molar refractivity (Wildman–Crippen MR) is 70.8 cm³/mol. The smallest absolute Gasteiger partial charge is 0.242 e. The van der Waals surface area contributed by atoms with Gasteiger partial charge in [-0.1, -0.05) is 31.7 Å². The molecule has 17 heavy (non-hydrogen) atoms.